The lowest BCUT2D eigenvalue weighted by Crippen LogP contribution is -2.12. The number of hydrogen-bond acceptors (Lipinski definition) is 4. The molecule has 2 rings (SSSR count). The molecule has 0 saturated heterocycles. The Labute approximate surface area is 144 Å². The Hall–Kier alpha value is -2.60. The number of non-ortho nitro benzene ring substituents is 1. The molecule has 0 saturated carbocycles. The van der Waals surface area contributed by atoms with Gasteiger partial charge in [-0.15, -0.1) is 0 Å². The molecule has 24 heavy (non-hydrogen) atoms. The van der Waals surface area contributed by atoms with E-state index in [-0.39, 0.29) is 16.4 Å². The molecule has 2 aromatic rings. The molecule has 0 spiro atoms. The van der Waals surface area contributed by atoms with Crippen LogP contribution >= 0.6 is 11.6 Å². The molecule has 0 fully saturated rings. The number of carbonyl (C=O) groups excluding carboxylic acids is 1. The lowest BCUT2D eigenvalue weighted by atomic mass is 10.2. The van der Waals surface area contributed by atoms with Crippen LogP contribution in [0, 0.1) is 10.1 Å². The number of nitro benzene ring substituents is 1. The number of hydrogen-bond donors (Lipinski definition) is 1. The zero-order valence-electron chi connectivity index (χ0n) is 13.1. The molecule has 126 valence electrons. The summed E-state index contributed by atoms with van der Waals surface area (Å²) in [5.74, 6) is 0.180. The Kier molecular flexibility index (Phi) is 6.14. The van der Waals surface area contributed by atoms with E-state index < -0.39 is 10.8 Å². The lowest BCUT2D eigenvalue weighted by Gasteiger charge is -2.09. The highest BCUT2D eigenvalue weighted by Gasteiger charge is 2.13. The first-order valence-corrected chi connectivity index (χ1v) is 7.87. The summed E-state index contributed by atoms with van der Waals surface area (Å²) in [7, 11) is 0. The second-order valence-corrected chi connectivity index (χ2v) is 5.51. The van der Waals surface area contributed by atoms with Crippen LogP contribution in [0.5, 0.6) is 5.75 Å². The van der Waals surface area contributed by atoms with E-state index >= 15 is 0 Å². The first-order chi connectivity index (χ1) is 11.5. The average Bonchev–Trinajstić information content (AvgIpc) is 2.57. The van der Waals surface area contributed by atoms with Crippen LogP contribution in [0.3, 0.4) is 0 Å². The van der Waals surface area contributed by atoms with E-state index in [0.717, 1.165) is 12.8 Å². The van der Waals surface area contributed by atoms with Crippen LogP contribution in [0.15, 0.2) is 42.5 Å². The molecular weight excluding hydrogens is 332 g/mol. The summed E-state index contributed by atoms with van der Waals surface area (Å²) in [6.07, 6.45) is 1.95. The second-order valence-electron chi connectivity index (χ2n) is 5.11. The summed E-state index contributed by atoms with van der Waals surface area (Å²) < 4.78 is 5.57. The quantitative estimate of drug-likeness (QED) is 0.447. The Balaban J connectivity index is 2.14. The fourth-order valence-electron chi connectivity index (χ4n) is 1.98. The molecule has 0 radical (unpaired) electrons. The zero-order valence-corrected chi connectivity index (χ0v) is 13.9. The van der Waals surface area contributed by atoms with Crippen LogP contribution in [-0.4, -0.2) is 17.4 Å². The van der Waals surface area contributed by atoms with Crippen molar-refractivity contribution in [3.63, 3.8) is 0 Å². The van der Waals surface area contributed by atoms with E-state index in [4.69, 9.17) is 16.3 Å². The molecule has 0 aliphatic carbocycles. The van der Waals surface area contributed by atoms with Crippen LogP contribution in [0.2, 0.25) is 5.02 Å². The minimum atomic E-state index is -0.547. The number of nitrogens with zero attached hydrogens (tertiary/aromatic N) is 1. The van der Waals surface area contributed by atoms with Gasteiger partial charge in [0, 0.05) is 17.7 Å². The van der Waals surface area contributed by atoms with Crippen LogP contribution in [0.25, 0.3) is 0 Å². The Bertz CT molecular complexity index is 749. The molecule has 1 N–H and O–H groups in total. The number of halogens is 1. The smallest absolute Gasteiger partial charge is 0.271 e. The molecule has 0 unspecified atom stereocenters. The Morgan fingerprint density at radius 3 is 2.79 bits per heavy atom. The molecule has 7 heteroatoms. The molecule has 0 aliphatic rings. The van der Waals surface area contributed by atoms with Crippen molar-refractivity contribution in [1.29, 1.82) is 0 Å². The van der Waals surface area contributed by atoms with Gasteiger partial charge >= 0.3 is 0 Å². The fourth-order valence-corrected chi connectivity index (χ4v) is 2.14. The van der Waals surface area contributed by atoms with Crippen molar-refractivity contribution in [3.05, 3.63) is 63.2 Å². The largest absolute Gasteiger partial charge is 0.494 e. The summed E-state index contributed by atoms with van der Waals surface area (Å²) in [6.45, 7) is 2.65. The van der Waals surface area contributed by atoms with E-state index in [2.05, 4.69) is 12.2 Å². The number of ether oxygens (including phenoxy) is 1. The van der Waals surface area contributed by atoms with Crippen molar-refractivity contribution >= 4 is 28.9 Å². The minimum Gasteiger partial charge on any atom is -0.494 e. The zero-order chi connectivity index (χ0) is 17.5. The normalized spacial score (nSPS) is 10.2. The van der Waals surface area contributed by atoms with Gasteiger partial charge in [0.2, 0.25) is 0 Å². The van der Waals surface area contributed by atoms with Crippen molar-refractivity contribution in [2.45, 2.75) is 19.8 Å². The summed E-state index contributed by atoms with van der Waals surface area (Å²) in [5, 5.41) is 13.6. The van der Waals surface area contributed by atoms with E-state index in [1.54, 1.807) is 24.3 Å². The summed E-state index contributed by atoms with van der Waals surface area (Å²) >= 11 is 5.99. The van der Waals surface area contributed by atoms with Crippen LogP contribution < -0.4 is 10.1 Å². The molecule has 0 aliphatic heterocycles. The number of amides is 1. The molecule has 0 bridgehead atoms. The first-order valence-electron chi connectivity index (χ1n) is 7.49. The van der Waals surface area contributed by atoms with Crippen LogP contribution in [-0.2, 0) is 0 Å². The Morgan fingerprint density at radius 1 is 1.29 bits per heavy atom. The highest BCUT2D eigenvalue weighted by molar-refractivity contribution is 6.34. The molecule has 2 aromatic carbocycles. The van der Waals surface area contributed by atoms with Crippen LogP contribution in [0.1, 0.15) is 30.1 Å². The number of anilines is 1. The first kappa shape index (κ1) is 17.7. The lowest BCUT2D eigenvalue weighted by molar-refractivity contribution is -0.384. The number of nitro groups is 1. The van der Waals surface area contributed by atoms with E-state index in [1.165, 1.54) is 18.2 Å². The topological polar surface area (TPSA) is 81.5 Å². The van der Waals surface area contributed by atoms with E-state index in [9.17, 15) is 14.9 Å². The standard InChI is InChI=1S/C17H17ClN2O4/c1-2-3-9-24-14-6-4-5-12(10-14)17(21)19-16-11-13(20(22)23)7-8-15(16)18/h4-8,10-11H,2-3,9H2,1H3,(H,19,21). The highest BCUT2D eigenvalue weighted by atomic mass is 35.5. The monoisotopic (exact) mass is 348 g/mol. The highest BCUT2D eigenvalue weighted by Crippen LogP contribution is 2.27. The van der Waals surface area contributed by atoms with Crippen molar-refractivity contribution in [3.8, 4) is 5.75 Å². The van der Waals surface area contributed by atoms with Crippen molar-refractivity contribution < 1.29 is 14.5 Å². The van der Waals surface area contributed by atoms with Gasteiger partial charge in [-0.2, -0.15) is 0 Å². The fraction of sp³-hybridized carbons (Fsp3) is 0.235. The number of rotatable bonds is 7. The van der Waals surface area contributed by atoms with Gasteiger partial charge in [0.05, 0.1) is 22.2 Å². The number of nitrogens with one attached hydrogen (secondary N) is 1. The second kappa shape index (κ2) is 8.31. The predicted molar refractivity (Wildman–Crippen MR) is 92.9 cm³/mol. The van der Waals surface area contributed by atoms with Crippen molar-refractivity contribution in [1.82, 2.24) is 0 Å². The van der Waals surface area contributed by atoms with Gasteiger partial charge in [-0.1, -0.05) is 31.0 Å². The Morgan fingerprint density at radius 2 is 2.08 bits per heavy atom. The number of benzene rings is 2. The molecule has 0 atom stereocenters. The van der Waals surface area contributed by atoms with Gasteiger partial charge in [0.15, 0.2) is 0 Å². The third kappa shape index (κ3) is 4.70. The van der Waals surface area contributed by atoms with Gasteiger partial charge in [-0.3, -0.25) is 14.9 Å². The third-order valence-corrected chi connectivity index (χ3v) is 3.60. The van der Waals surface area contributed by atoms with Crippen molar-refractivity contribution in [2.24, 2.45) is 0 Å². The van der Waals surface area contributed by atoms with Crippen molar-refractivity contribution in [2.75, 3.05) is 11.9 Å². The van der Waals surface area contributed by atoms with Crippen LogP contribution in [0.4, 0.5) is 11.4 Å². The third-order valence-electron chi connectivity index (χ3n) is 3.27. The van der Waals surface area contributed by atoms with E-state index in [1.807, 2.05) is 0 Å². The molecule has 0 heterocycles. The predicted octanol–water partition coefficient (Wildman–Crippen LogP) is 4.68. The summed E-state index contributed by atoms with van der Waals surface area (Å²) in [6, 6.07) is 10.6. The van der Waals surface area contributed by atoms with Gasteiger partial charge in [0.25, 0.3) is 11.6 Å². The summed E-state index contributed by atoms with van der Waals surface area (Å²) in [4.78, 5) is 22.6. The molecule has 6 nitrogen and oxygen atoms in total. The minimum absolute atomic E-state index is 0.147. The number of carbonyl (C=O) groups is 1. The maximum absolute atomic E-state index is 12.3. The van der Waals surface area contributed by atoms with E-state index in [0.29, 0.717) is 17.9 Å². The maximum atomic E-state index is 12.3. The molecule has 1 amide bonds. The average molecular weight is 349 g/mol. The number of unbranched alkanes of at least 4 members (excludes halogenated alkanes) is 1. The maximum Gasteiger partial charge on any atom is 0.271 e. The SMILES string of the molecule is CCCCOc1cccc(C(=O)Nc2cc([N+](=O)[O-])ccc2Cl)c1. The molecule has 0 aromatic heterocycles. The van der Waals surface area contributed by atoms with Gasteiger partial charge in [0.1, 0.15) is 5.75 Å². The van der Waals surface area contributed by atoms with Gasteiger partial charge in [-0.05, 0) is 30.7 Å². The van der Waals surface area contributed by atoms with Gasteiger partial charge in [-0.25, -0.2) is 0 Å². The molecular formula is C17H17ClN2O4. The summed E-state index contributed by atoms with van der Waals surface area (Å²) in [5.41, 5.74) is 0.422. The van der Waals surface area contributed by atoms with Gasteiger partial charge < -0.3 is 10.1 Å².